The van der Waals surface area contributed by atoms with Crippen LogP contribution in [0.3, 0.4) is 0 Å². The number of piperazine rings is 1. The molecule has 2 aromatic rings. The molecule has 1 atom stereocenters. The molecule has 2 aliphatic heterocycles. The van der Waals surface area contributed by atoms with Gasteiger partial charge in [-0.05, 0) is 50.1 Å². The summed E-state index contributed by atoms with van der Waals surface area (Å²) in [5, 5.41) is 0. The van der Waals surface area contributed by atoms with Gasteiger partial charge in [0.2, 0.25) is 0 Å². The van der Waals surface area contributed by atoms with Crippen LogP contribution >= 0.6 is 0 Å². The summed E-state index contributed by atoms with van der Waals surface area (Å²) >= 11 is 0. The topological polar surface area (TPSA) is 87.2 Å². The van der Waals surface area contributed by atoms with Gasteiger partial charge in [0, 0.05) is 44.9 Å². The van der Waals surface area contributed by atoms with Crippen molar-refractivity contribution in [2.75, 3.05) is 43.6 Å². The molecule has 0 aromatic heterocycles. The van der Waals surface area contributed by atoms with E-state index in [9.17, 15) is 18.0 Å². The highest BCUT2D eigenvalue weighted by molar-refractivity contribution is 7.92. The number of benzene rings is 2. The van der Waals surface area contributed by atoms with Crippen molar-refractivity contribution in [3.63, 3.8) is 0 Å². The van der Waals surface area contributed by atoms with E-state index in [1.165, 1.54) is 16.4 Å². The van der Waals surface area contributed by atoms with Gasteiger partial charge in [-0.1, -0.05) is 24.3 Å². The molecule has 0 bridgehead atoms. The van der Waals surface area contributed by atoms with Crippen LogP contribution in [0.25, 0.3) is 0 Å². The fraction of sp³-hybridized carbons (Fsp3) is 0.417. The lowest BCUT2D eigenvalue weighted by molar-refractivity contribution is -0.142. The monoisotopic (exact) mass is 471 g/mol. The molecule has 33 heavy (non-hydrogen) atoms. The molecule has 0 N–H and O–H groups in total. The average Bonchev–Trinajstić information content (AvgIpc) is 3.39. The van der Waals surface area contributed by atoms with Crippen LogP contribution in [0.4, 0.5) is 5.69 Å². The molecule has 2 heterocycles. The quantitative estimate of drug-likeness (QED) is 0.646. The van der Waals surface area contributed by atoms with E-state index in [1.807, 2.05) is 6.07 Å². The zero-order valence-corrected chi connectivity index (χ0v) is 19.5. The van der Waals surface area contributed by atoms with Crippen LogP contribution < -0.4 is 4.31 Å². The van der Waals surface area contributed by atoms with E-state index in [0.717, 1.165) is 12.8 Å². The van der Waals surface area contributed by atoms with Gasteiger partial charge < -0.3 is 14.5 Å². The summed E-state index contributed by atoms with van der Waals surface area (Å²) in [6, 6.07) is 15.1. The summed E-state index contributed by atoms with van der Waals surface area (Å²) < 4.78 is 33.4. The number of rotatable bonds is 6. The number of nitrogens with zero attached hydrogens (tertiary/aromatic N) is 3. The largest absolute Gasteiger partial charge is 0.368 e. The summed E-state index contributed by atoms with van der Waals surface area (Å²) in [5.41, 5.74) is 0.892. The van der Waals surface area contributed by atoms with Crippen LogP contribution in [-0.4, -0.2) is 75.5 Å². The van der Waals surface area contributed by atoms with Gasteiger partial charge in [-0.3, -0.25) is 13.9 Å². The molecule has 0 aliphatic carbocycles. The molecule has 8 nitrogen and oxygen atoms in total. The Kier molecular flexibility index (Phi) is 6.99. The van der Waals surface area contributed by atoms with E-state index in [-0.39, 0.29) is 29.4 Å². The second-order valence-electron chi connectivity index (χ2n) is 8.15. The van der Waals surface area contributed by atoms with Gasteiger partial charge in [0.15, 0.2) is 0 Å². The maximum atomic E-state index is 13.3. The van der Waals surface area contributed by atoms with Crippen molar-refractivity contribution in [2.24, 2.45) is 0 Å². The van der Waals surface area contributed by atoms with Crippen molar-refractivity contribution in [1.29, 1.82) is 0 Å². The lowest BCUT2D eigenvalue weighted by atomic mass is 10.1. The SMILES string of the molecule is CCN(c1ccccc1)S(=O)(=O)c1cccc(C(=O)N2CCN(C(=O)C3CCCO3)CC2)c1. The molecule has 2 aliphatic rings. The predicted molar refractivity (Wildman–Crippen MR) is 125 cm³/mol. The molecular formula is C24H29N3O5S. The maximum absolute atomic E-state index is 13.3. The minimum atomic E-state index is -3.82. The number of hydrogen-bond acceptors (Lipinski definition) is 5. The van der Waals surface area contributed by atoms with E-state index >= 15 is 0 Å². The van der Waals surface area contributed by atoms with Gasteiger partial charge in [0.25, 0.3) is 21.8 Å². The highest BCUT2D eigenvalue weighted by atomic mass is 32.2. The minimum absolute atomic E-state index is 0.00624. The Hall–Kier alpha value is -2.91. The van der Waals surface area contributed by atoms with Crippen LogP contribution in [-0.2, 0) is 19.6 Å². The fourth-order valence-electron chi connectivity index (χ4n) is 4.29. The average molecular weight is 472 g/mol. The van der Waals surface area contributed by atoms with Gasteiger partial charge in [0.1, 0.15) is 6.10 Å². The standard InChI is InChI=1S/C24H29N3O5S/c1-2-27(20-9-4-3-5-10-20)33(30,31)21-11-6-8-19(18-21)23(28)25-13-15-26(16-14-25)24(29)22-12-7-17-32-22/h3-6,8-11,18,22H,2,7,12-17H2,1H3. The lowest BCUT2D eigenvalue weighted by Gasteiger charge is -2.35. The molecule has 0 spiro atoms. The van der Waals surface area contributed by atoms with E-state index in [2.05, 4.69) is 0 Å². The van der Waals surface area contributed by atoms with E-state index in [1.54, 1.807) is 53.1 Å². The van der Waals surface area contributed by atoms with Crippen LogP contribution in [0.15, 0.2) is 59.5 Å². The fourth-order valence-corrected chi connectivity index (χ4v) is 5.81. The molecule has 2 amide bonds. The highest BCUT2D eigenvalue weighted by Crippen LogP contribution is 2.24. The summed E-state index contributed by atoms with van der Waals surface area (Å²) in [5.74, 6) is -0.243. The molecule has 0 saturated carbocycles. The Morgan fingerprint density at radius 3 is 2.33 bits per heavy atom. The van der Waals surface area contributed by atoms with Crippen LogP contribution in [0.5, 0.6) is 0 Å². The third-order valence-corrected chi connectivity index (χ3v) is 7.98. The first-order valence-electron chi connectivity index (χ1n) is 11.3. The molecule has 2 fully saturated rings. The number of hydrogen-bond donors (Lipinski definition) is 0. The van der Waals surface area contributed by atoms with Crippen molar-refractivity contribution in [3.05, 3.63) is 60.2 Å². The molecule has 0 radical (unpaired) electrons. The van der Waals surface area contributed by atoms with Gasteiger partial charge in [-0.2, -0.15) is 0 Å². The first-order valence-corrected chi connectivity index (χ1v) is 12.7. The summed E-state index contributed by atoms with van der Waals surface area (Å²) in [4.78, 5) is 29.1. The summed E-state index contributed by atoms with van der Waals surface area (Å²) in [6.07, 6.45) is 1.28. The highest BCUT2D eigenvalue weighted by Gasteiger charge is 2.32. The third-order valence-electron chi connectivity index (χ3n) is 6.08. The number of para-hydroxylation sites is 1. The normalized spacial score (nSPS) is 18.9. The van der Waals surface area contributed by atoms with Crippen molar-refractivity contribution < 1.29 is 22.7 Å². The molecule has 176 valence electrons. The molecule has 2 saturated heterocycles. The van der Waals surface area contributed by atoms with Gasteiger partial charge in [-0.25, -0.2) is 8.42 Å². The summed E-state index contributed by atoms with van der Waals surface area (Å²) in [6.45, 7) is 4.36. The van der Waals surface area contributed by atoms with E-state index in [4.69, 9.17) is 4.74 Å². The number of carbonyl (C=O) groups excluding carboxylic acids is 2. The third kappa shape index (κ3) is 4.89. The van der Waals surface area contributed by atoms with Gasteiger partial charge in [-0.15, -0.1) is 0 Å². The zero-order chi connectivity index (χ0) is 23.4. The molecular weight excluding hydrogens is 442 g/mol. The van der Waals surface area contributed by atoms with Crippen molar-refractivity contribution in [3.8, 4) is 0 Å². The van der Waals surface area contributed by atoms with Crippen molar-refractivity contribution >= 4 is 27.5 Å². The van der Waals surface area contributed by atoms with Gasteiger partial charge >= 0.3 is 0 Å². The number of anilines is 1. The molecule has 4 rings (SSSR count). The maximum Gasteiger partial charge on any atom is 0.264 e. The van der Waals surface area contributed by atoms with E-state index in [0.29, 0.717) is 44.0 Å². The summed E-state index contributed by atoms with van der Waals surface area (Å²) in [7, 11) is -3.82. The zero-order valence-electron chi connectivity index (χ0n) is 18.7. The first kappa shape index (κ1) is 23.3. The number of sulfonamides is 1. The van der Waals surface area contributed by atoms with E-state index < -0.39 is 10.0 Å². The Balaban J connectivity index is 1.46. The van der Waals surface area contributed by atoms with Crippen LogP contribution in [0.1, 0.15) is 30.1 Å². The Bertz CT molecular complexity index is 1090. The Morgan fingerprint density at radius 1 is 1.00 bits per heavy atom. The smallest absolute Gasteiger partial charge is 0.264 e. The lowest BCUT2D eigenvalue weighted by Crippen LogP contribution is -2.52. The van der Waals surface area contributed by atoms with Crippen molar-refractivity contribution in [1.82, 2.24) is 9.80 Å². The number of ether oxygens (including phenoxy) is 1. The van der Waals surface area contributed by atoms with Crippen molar-refractivity contribution in [2.45, 2.75) is 30.8 Å². The van der Waals surface area contributed by atoms with Crippen LogP contribution in [0.2, 0.25) is 0 Å². The Labute approximate surface area is 194 Å². The minimum Gasteiger partial charge on any atom is -0.368 e. The van der Waals surface area contributed by atoms with Crippen LogP contribution in [0, 0.1) is 0 Å². The van der Waals surface area contributed by atoms with Gasteiger partial charge in [0.05, 0.1) is 10.6 Å². The Morgan fingerprint density at radius 2 is 1.70 bits per heavy atom. The number of amides is 2. The molecule has 9 heteroatoms. The first-order chi connectivity index (χ1) is 15.9. The molecule has 1 unspecified atom stereocenters. The second kappa shape index (κ2) is 9.93. The molecule has 2 aromatic carbocycles. The predicted octanol–water partition coefficient (Wildman–Crippen LogP) is 2.37. The number of carbonyl (C=O) groups is 2. The second-order valence-corrected chi connectivity index (χ2v) is 10.0.